The highest BCUT2D eigenvalue weighted by atomic mass is 35.5. The van der Waals surface area contributed by atoms with Crippen LogP contribution in [0.3, 0.4) is 0 Å². The fraction of sp³-hybridized carbons (Fsp3) is 0.120. The fourth-order valence-corrected chi connectivity index (χ4v) is 4.08. The van der Waals surface area contributed by atoms with E-state index in [1.807, 2.05) is 18.2 Å². The average molecular weight is 681 g/mol. The Hall–Kier alpha value is -5.10. The number of nitrogens with zero attached hydrogens (tertiary/aromatic N) is 3. The molecule has 1 aliphatic heterocycles. The van der Waals surface area contributed by atoms with Gasteiger partial charge in [-0.25, -0.2) is 19.6 Å². The molecule has 45 heavy (non-hydrogen) atoms. The van der Waals surface area contributed by atoms with Crippen LogP contribution in [0, 0.1) is 0 Å². The van der Waals surface area contributed by atoms with Gasteiger partial charge >= 0.3 is 24.3 Å². The van der Waals surface area contributed by atoms with E-state index in [1.54, 1.807) is 30.7 Å². The first kappa shape index (κ1) is 34.4. The number of halogens is 8. The van der Waals surface area contributed by atoms with Crippen LogP contribution in [0.4, 0.5) is 37.8 Å². The van der Waals surface area contributed by atoms with Crippen molar-refractivity contribution in [1.82, 2.24) is 19.9 Å². The molecule has 0 spiro atoms. The summed E-state index contributed by atoms with van der Waals surface area (Å²) in [7, 11) is 0. The number of imidazole rings is 1. The molecule has 3 aromatic heterocycles. The number of amides is 1. The molecule has 0 bridgehead atoms. The van der Waals surface area contributed by atoms with Gasteiger partial charge in [-0.3, -0.25) is 9.78 Å². The maximum atomic E-state index is 11.0. The molecule has 4 aromatic rings. The summed E-state index contributed by atoms with van der Waals surface area (Å²) in [4.78, 5) is 45.6. The number of ether oxygens (including phenoxy) is 1. The topological polar surface area (TPSA) is 193 Å². The highest BCUT2D eigenvalue weighted by molar-refractivity contribution is 6.39. The lowest BCUT2D eigenvalue weighted by atomic mass is 10.1. The van der Waals surface area contributed by atoms with Crippen LogP contribution in [0.5, 0.6) is 5.75 Å². The van der Waals surface area contributed by atoms with Gasteiger partial charge in [-0.2, -0.15) is 26.3 Å². The Kier molecular flexibility index (Phi) is 10.5. The van der Waals surface area contributed by atoms with Crippen molar-refractivity contribution in [3.05, 3.63) is 59.0 Å². The van der Waals surface area contributed by atoms with Gasteiger partial charge in [0.2, 0.25) is 0 Å². The minimum atomic E-state index is -5.08. The Morgan fingerprint density at radius 1 is 0.933 bits per heavy atom. The SMILES string of the molecule is NC(=O)COc1cc(Cl)c(-c2nc3c([nH]2)-c2ccncc2Nc2ncccc2-3)c(Cl)c1.O=C(O)C(F)(F)F.O=C(O)C(F)(F)F. The number of fused-ring (bicyclic) bond motifs is 5. The van der Waals surface area contributed by atoms with E-state index < -0.39 is 30.2 Å². The number of alkyl halides is 6. The number of hydrogen-bond acceptors (Lipinski definition) is 8. The van der Waals surface area contributed by atoms with Crippen LogP contribution >= 0.6 is 23.2 Å². The second-order valence-corrected chi connectivity index (χ2v) is 9.19. The maximum Gasteiger partial charge on any atom is 0.490 e. The molecular formula is C25H16Cl2F6N6O6. The van der Waals surface area contributed by atoms with Crippen LogP contribution in [0.2, 0.25) is 10.0 Å². The minimum absolute atomic E-state index is 0.275. The van der Waals surface area contributed by atoms with Crippen LogP contribution < -0.4 is 15.8 Å². The van der Waals surface area contributed by atoms with Crippen molar-refractivity contribution in [3.8, 4) is 39.7 Å². The summed E-state index contributed by atoms with van der Waals surface area (Å²) in [5.74, 6) is -4.62. The van der Waals surface area contributed by atoms with Crippen molar-refractivity contribution in [1.29, 1.82) is 0 Å². The molecule has 1 aliphatic rings. The van der Waals surface area contributed by atoms with Gasteiger partial charge in [0.05, 0.1) is 33.2 Å². The van der Waals surface area contributed by atoms with Crippen LogP contribution in [0.15, 0.2) is 48.9 Å². The molecule has 1 amide bonds. The number of carbonyl (C=O) groups excluding carboxylic acids is 1. The molecule has 0 atom stereocenters. The van der Waals surface area contributed by atoms with Gasteiger partial charge in [0.1, 0.15) is 23.1 Å². The zero-order valence-corrected chi connectivity index (χ0v) is 23.3. The lowest BCUT2D eigenvalue weighted by molar-refractivity contribution is -0.193. The van der Waals surface area contributed by atoms with Gasteiger partial charge in [-0.05, 0) is 30.3 Å². The number of hydrogen-bond donors (Lipinski definition) is 5. The van der Waals surface area contributed by atoms with Crippen molar-refractivity contribution in [2.45, 2.75) is 12.4 Å². The standard InChI is InChI=1S/C21H14Cl2N6O2.2C2HF3O2/c22-13-6-10(31-9-16(24)30)7-14(23)17(13)21-28-18-11-3-5-25-8-15(11)27-20-12(19(18)29-21)2-1-4-26-20;2*3-2(4,5)1(6)7/h1-8H,9H2,(H2,24,30)(H,26,27)(H,28,29);2*(H,6,7). The van der Waals surface area contributed by atoms with E-state index in [0.717, 1.165) is 22.5 Å². The molecule has 238 valence electrons. The molecule has 0 unspecified atom stereocenters. The molecule has 0 fully saturated rings. The summed E-state index contributed by atoms with van der Waals surface area (Å²) in [6.45, 7) is -0.275. The smallest absolute Gasteiger partial charge is 0.484 e. The predicted octanol–water partition coefficient (Wildman–Crippen LogP) is 5.70. The quantitative estimate of drug-likeness (QED) is 0.147. The Morgan fingerprint density at radius 2 is 1.51 bits per heavy atom. The third kappa shape index (κ3) is 8.73. The van der Waals surface area contributed by atoms with Crippen molar-refractivity contribution in [2.75, 3.05) is 11.9 Å². The van der Waals surface area contributed by atoms with E-state index >= 15 is 0 Å². The number of carbonyl (C=O) groups is 3. The van der Waals surface area contributed by atoms with Crippen molar-refractivity contribution < 1.29 is 55.7 Å². The molecular weight excluding hydrogens is 665 g/mol. The number of rotatable bonds is 4. The Bertz CT molecular complexity index is 1640. The number of nitrogens with two attached hydrogens (primary N) is 1. The van der Waals surface area contributed by atoms with Gasteiger partial charge in [0, 0.05) is 23.5 Å². The average Bonchev–Trinajstić information content (AvgIpc) is 3.31. The Morgan fingerprint density at radius 3 is 2.04 bits per heavy atom. The summed E-state index contributed by atoms with van der Waals surface area (Å²) >= 11 is 13.0. The molecule has 20 heteroatoms. The molecule has 6 N–H and O–H groups in total. The first-order valence-electron chi connectivity index (χ1n) is 11.7. The molecule has 4 heterocycles. The van der Waals surface area contributed by atoms with Crippen molar-refractivity contribution in [3.63, 3.8) is 0 Å². The summed E-state index contributed by atoms with van der Waals surface area (Å²) < 4.78 is 68.8. The van der Waals surface area contributed by atoms with Crippen molar-refractivity contribution >= 4 is 52.6 Å². The van der Waals surface area contributed by atoms with E-state index in [4.69, 9.17) is 58.5 Å². The van der Waals surface area contributed by atoms with Gasteiger partial charge in [-0.1, -0.05) is 23.2 Å². The van der Waals surface area contributed by atoms with Crippen LogP contribution in [-0.4, -0.2) is 67.0 Å². The number of nitrogens with one attached hydrogen (secondary N) is 2. The normalized spacial score (nSPS) is 11.5. The third-order valence-corrected chi connectivity index (χ3v) is 5.82. The summed E-state index contributed by atoms with van der Waals surface area (Å²) in [6, 6.07) is 8.79. The van der Waals surface area contributed by atoms with E-state index in [9.17, 15) is 31.1 Å². The number of carboxylic acids is 2. The third-order valence-electron chi connectivity index (χ3n) is 5.23. The first-order valence-corrected chi connectivity index (χ1v) is 12.4. The molecule has 12 nitrogen and oxygen atoms in total. The molecule has 5 rings (SSSR count). The fourth-order valence-electron chi connectivity index (χ4n) is 3.43. The molecule has 0 aliphatic carbocycles. The van der Waals surface area contributed by atoms with Crippen molar-refractivity contribution in [2.24, 2.45) is 5.73 Å². The number of H-pyrrole nitrogens is 1. The highest BCUT2D eigenvalue weighted by Crippen LogP contribution is 2.45. The Labute approximate surface area is 256 Å². The molecule has 0 saturated carbocycles. The van der Waals surface area contributed by atoms with Gasteiger partial charge in [0.25, 0.3) is 5.91 Å². The zero-order chi connectivity index (χ0) is 33.7. The zero-order valence-electron chi connectivity index (χ0n) is 21.8. The molecule has 1 aromatic carbocycles. The minimum Gasteiger partial charge on any atom is -0.484 e. The van der Waals surface area contributed by atoms with Crippen LogP contribution in [-0.2, 0) is 14.4 Å². The highest BCUT2D eigenvalue weighted by Gasteiger charge is 2.39. The first-order chi connectivity index (χ1) is 20.9. The summed E-state index contributed by atoms with van der Waals surface area (Å²) in [5, 5.41) is 18.2. The summed E-state index contributed by atoms with van der Waals surface area (Å²) in [6.07, 6.45) is -5.02. The molecule has 0 saturated heterocycles. The number of carboxylic acid groups (broad SMARTS) is 2. The number of aliphatic carboxylic acids is 2. The van der Waals surface area contributed by atoms with E-state index in [-0.39, 0.29) is 6.61 Å². The maximum absolute atomic E-state index is 11.0. The number of primary amides is 1. The number of anilines is 2. The Balaban J connectivity index is 0.000000331. The van der Waals surface area contributed by atoms with Gasteiger partial charge in [-0.15, -0.1) is 0 Å². The molecule has 0 radical (unpaired) electrons. The summed E-state index contributed by atoms with van der Waals surface area (Å²) in [5.41, 5.74) is 9.63. The number of pyridine rings is 2. The second kappa shape index (κ2) is 13.7. The number of benzene rings is 1. The largest absolute Gasteiger partial charge is 0.490 e. The lowest BCUT2D eigenvalue weighted by Crippen LogP contribution is -2.21. The van der Waals surface area contributed by atoms with Gasteiger partial charge in [0.15, 0.2) is 6.61 Å². The lowest BCUT2D eigenvalue weighted by Gasteiger charge is -2.10. The monoisotopic (exact) mass is 680 g/mol. The number of aromatic nitrogens is 4. The van der Waals surface area contributed by atoms with E-state index in [0.29, 0.717) is 38.7 Å². The second-order valence-electron chi connectivity index (χ2n) is 8.38. The van der Waals surface area contributed by atoms with E-state index in [1.165, 1.54) is 0 Å². The predicted molar refractivity (Wildman–Crippen MR) is 146 cm³/mol. The van der Waals surface area contributed by atoms with E-state index in [2.05, 4.69) is 20.3 Å². The van der Waals surface area contributed by atoms with Crippen LogP contribution in [0.1, 0.15) is 0 Å². The van der Waals surface area contributed by atoms with Gasteiger partial charge < -0.3 is 31.0 Å². The van der Waals surface area contributed by atoms with Crippen LogP contribution in [0.25, 0.3) is 33.9 Å². The number of aromatic amines is 1.